The lowest BCUT2D eigenvalue weighted by molar-refractivity contribution is -0.149. The van der Waals surface area contributed by atoms with E-state index in [1.807, 2.05) is 6.92 Å². The molecule has 2 aliphatic rings. The van der Waals surface area contributed by atoms with Gasteiger partial charge in [0.05, 0.1) is 12.5 Å². The molecule has 0 bridgehead atoms. The predicted molar refractivity (Wildman–Crippen MR) is 97.0 cm³/mol. The summed E-state index contributed by atoms with van der Waals surface area (Å²) in [6.45, 7) is 5.91. The standard InChI is InChI=1S/C20H30N2O2/c1-2-24-20(23)17-7-11-19(12-8-17)21-18-9-5-16(6-10-18)15-22-13-3-4-14-22/h5-6,9-10,17,19,21H,2-4,7-8,11-15H2,1H3/t17-,19-. The normalized spacial score (nSPS) is 24.7. The van der Waals surface area contributed by atoms with Gasteiger partial charge in [0.2, 0.25) is 0 Å². The molecule has 1 heterocycles. The van der Waals surface area contributed by atoms with Crippen LogP contribution in [0.15, 0.2) is 24.3 Å². The van der Waals surface area contributed by atoms with E-state index >= 15 is 0 Å². The minimum Gasteiger partial charge on any atom is -0.466 e. The number of rotatable bonds is 6. The van der Waals surface area contributed by atoms with E-state index in [2.05, 4.69) is 34.5 Å². The highest BCUT2D eigenvalue weighted by Crippen LogP contribution is 2.27. The van der Waals surface area contributed by atoms with Crippen molar-refractivity contribution in [1.82, 2.24) is 4.90 Å². The van der Waals surface area contributed by atoms with E-state index in [-0.39, 0.29) is 11.9 Å². The van der Waals surface area contributed by atoms with Gasteiger partial charge in [-0.1, -0.05) is 12.1 Å². The molecule has 1 aliphatic heterocycles. The van der Waals surface area contributed by atoms with Gasteiger partial charge in [-0.3, -0.25) is 9.69 Å². The lowest BCUT2D eigenvalue weighted by Crippen LogP contribution is -2.30. The zero-order valence-electron chi connectivity index (χ0n) is 14.8. The lowest BCUT2D eigenvalue weighted by Gasteiger charge is -2.28. The number of nitrogens with zero attached hydrogens (tertiary/aromatic N) is 1. The van der Waals surface area contributed by atoms with Crippen LogP contribution < -0.4 is 5.32 Å². The van der Waals surface area contributed by atoms with Gasteiger partial charge >= 0.3 is 5.97 Å². The van der Waals surface area contributed by atoms with Crippen LogP contribution in [0.1, 0.15) is 51.0 Å². The van der Waals surface area contributed by atoms with Crippen LogP contribution in [-0.2, 0) is 16.1 Å². The summed E-state index contributed by atoms with van der Waals surface area (Å²) in [7, 11) is 0. The number of nitrogens with one attached hydrogen (secondary N) is 1. The second kappa shape index (κ2) is 8.52. The van der Waals surface area contributed by atoms with Crippen LogP contribution in [0.5, 0.6) is 0 Å². The van der Waals surface area contributed by atoms with Crippen molar-refractivity contribution in [2.24, 2.45) is 5.92 Å². The number of anilines is 1. The summed E-state index contributed by atoms with van der Waals surface area (Å²) in [6.07, 6.45) is 6.63. The summed E-state index contributed by atoms with van der Waals surface area (Å²) in [5.41, 5.74) is 2.59. The number of hydrogen-bond donors (Lipinski definition) is 1. The van der Waals surface area contributed by atoms with Crippen LogP contribution in [-0.4, -0.2) is 36.6 Å². The fourth-order valence-electron chi connectivity index (χ4n) is 3.87. The second-order valence-electron chi connectivity index (χ2n) is 7.13. The van der Waals surface area contributed by atoms with Gasteiger partial charge in [-0.15, -0.1) is 0 Å². The van der Waals surface area contributed by atoms with Crippen LogP contribution in [0.3, 0.4) is 0 Å². The first-order chi connectivity index (χ1) is 11.7. The molecule has 24 heavy (non-hydrogen) atoms. The molecule has 0 atom stereocenters. The van der Waals surface area contributed by atoms with Crippen LogP contribution in [0, 0.1) is 5.92 Å². The fraction of sp³-hybridized carbons (Fsp3) is 0.650. The van der Waals surface area contributed by atoms with Gasteiger partial charge in [0, 0.05) is 18.3 Å². The Labute approximate surface area is 145 Å². The van der Waals surface area contributed by atoms with Crippen molar-refractivity contribution in [2.45, 2.75) is 58.0 Å². The summed E-state index contributed by atoms with van der Waals surface area (Å²) in [4.78, 5) is 14.3. The van der Waals surface area contributed by atoms with Crippen LogP contribution in [0.4, 0.5) is 5.69 Å². The fourth-order valence-corrected chi connectivity index (χ4v) is 3.87. The number of carbonyl (C=O) groups is 1. The Balaban J connectivity index is 1.44. The van der Waals surface area contributed by atoms with Crippen LogP contribution >= 0.6 is 0 Å². The average molecular weight is 330 g/mol. The molecular formula is C20H30N2O2. The third-order valence-electron chi connectivity index (χ3n) is 5.28. The molecule has 0 radical (unpaired) electrons. The number of esters is 1. The number of ether oxygens (including phenoxy) is 1. The first kappa shape index (κ1) is 17.3. The molecule has 1 saturated heterocycles. The maximum absolute atomic E-state index is 11.8. The SMILES string of the molecule is CCOC(=O)[C@H]1CC[C@H](Nc2ccc(CN3CCCC3)cc2)CC1. The Morgan fingerprint density at radius 2 is 1.79 bits per heavy atom. The minimum absolute atomic E-state index is 0.0118. The minimum atomic E-state index is -0.0118. The monoisotopic (exact) mass is 330 g/mol. The highest BCUT2D eigenvalue weighted by Gasteiger charge is 2.27. The predicted octanol–water partition coefficient (Wildman–Crippen LogP) is 3.82. The Bertz CT molecular complexity index is 515. The topological polar surface area (TPSA) is 41.6 Å². The third kappa shape index (κ3) is 4.73. The Morgan fingerprint density at radius 1 is 1.12 bits per heavy atom. The van der Waals surface area contributed by atoms with E-state index < -0.39 is 0 Å². The molecular weight excluding hydrogens is 300 g/mol. The van der Waals surface area contributed by atoms with Gasteiger partial charge in [0.15, 0.2) is 0 Å². The molecule has 1 saturated carbocycles. The van der Waals surface area contributed by atoms with E-state index in [4.69, 9.17) is 4.74 Å². The van der Waals surface area contributed by atoms with Crippen molar-refractivity contribution < 1.29 is 9.53 Å². The zero-order chi connectivity index (χ0) is 16.8. The van der Waals surface area contributed by atoms with Gasteiger partial charge in [0.25, 0.3) is 0 Å². The molecule has 1 N–H and O–H groups in total. The third-order valence-corrected chi connectivity index (χ3v) is 5.28. The summed E-state index contributed by atoms with van der Waals surface area (Å²) < 4.78 is 5.14. The summed E-state index contributed by atoms with van der Waals surface area (Å²) in [5.74, 6) is 0.0908. The van der Waals surface area contributed by atoms with Gasteiger partial charge < -0.3 is 10.1 Å². The molecule has 0 aromatic heterocycles. The first-order valence-electron chi connectivity index (χ1n) is 9.49. The molecule has 132 valence electrons. The average Bonchev–Trinajstić information content (AvgIpc) is 3.10. The van der Waals surface area contributed by atoms with Crippen molar-refractivity contribution >= 4 is 11.7 Å². The maximum atomic E-state index is 11.8. The van der Waals surface area contributed by atoms with Crippen molar-refractivity contribution in [3.8, 4) is 0 Å². The number of benzene rings is 1. The molecule has 0 unspecified atom stereocenters. The molecule has 1 aromatic rings. The van der Waals surface area contributed by atoms with E-state index in [9.17, 15) is 4.79 Å². The summed E-state index contributed by atoms with van der Waals surface area (Å²) in [6, 6.07) is 9.35. The van der Waals surface area contributed by atoms with Gasteiger partial charge in [-0.05, 0) is 76.2 Å². The van der Waals surface area contributed by atoms with E-state index in [1.165, 1.54) is 37.2 Å². The summed E-state index contributed by atoms with van der Waals surface area (Å²) in [5, 5.41) is 3.63. The Hall–Kier alpha value is -1.55. The largest absolute Gasteiger partial charge is 0.466 e. The highest BCUT2D eigenvalue weighted by atomic mass is 16.5. The van der Waals surface area contributed by atoms with E-state index in [1.54, 1.807) is 0 Å². The molecule has 0 amide bonds. The zero-order valence-corrected chi connectivity index (χ0v) is 14.8. The van der Waals surface area contributed by atoms with Crippen molar-refractivity contribution in [2.75, 3.05) is 25.0 Å². The van der Waals surface area contributed by atoms with Gasteiger partial charge in [-0.25, -0.2) is 0 Å². The second-order valence-corrected chi connectivity index (χ2v) is 7.13. The molecule has 2 fully saturated rings. The molecule has 4 heteroatoms. The first-order valence-corrected chi connectivity index (χ1v) is 9.49. The Morgan fingerprint density at radius 3 is 2.42 bits per heavy atom. The van der Waals surface area contributed by atoms with Gasteiger partial charge in [0.1, 0.15) is 0 Å². The van der Waals surface area contributed by atoms with Gasteiger partial charge in [-0.2, -0.15) is 0 Å². The van der Waals surface area contributed by atoms with Crippen molar-refractivity contribution in [1.29, 1.82) is 0 Å². The highest BCUT2D eigenvalue weighted by molar-refractivity contribution is 5.72. The lowest BCUT2D eigenvalue weighted by atomic mass is 9.86. The van der Waals surface area contributed by atoms with Crippen LogP contribution in [0.25, 0.3) is 0 Å². The van der Waals surface area contributed by atoms with E-state index in [0.29, 0.717) is 12.6 Å². The molecule has 1 aliphatic carbocycles. The summed E-state index contributed by atoms with van der Waals surface area (Å²) >= 11 is 0. The van der Waals surface area contributed by atoms with E-state index in [0.717, 1.165) is 32.2 Å². The number of likely N-dealkylation sites (tertiary alicyclic amines) is 1. The number of hydrogen-bond acceptors (Lipinski definition) is 4. The molecule has 3 rings (SSSR count). The van der Waals surface area contributed by atoms with Crippen molar-refractivity contribution in [3.63, 3.8) is 0 Å². The van der Waals surface area contributed by atoms with Crippen LogP contribution in [0.2, 0.25) is 0 Å². The molecule has 1 aromatic carbocycles. The number of carbonyl (C=O) groups excluding carboxylic acids is 1. The maximum Gasteiger partial charge on any atom is 0.308 e. The molecule has 0 spiro atoms. The Kier molecular flexibility index (Phi) is 6.13. The van der Waals surface area contributed by atoms with Crippen molar-refractivity contribution in [3.05, 3.63) is 29.8 Å². The molecule has 4 nitrogen and oxygen atoms in total. The quantitative estimate of drug-likeness (QED) is 0.805. The smallest absolute Gasteiger partial charge is 0.308 e.